The van der Waals surface area contributed by atoms with Crippen molar-refractivity contribution in [3.8, 4) is 11.1 Å². The molecule has 0 amide bonds. The molecule has 6 rings (SSSR count). The lowest BCUT2D eigenvalue weighted by atomic mass is 9.75. The smallest absolute Gasteiger partial charge is 0.158 e. The van der Waals surface area contributed by atoms with Gasteiger partial charge in [0, 0.05) is 21.9 Å². The molecule has 5 aromatic rings. The van der Waals surface area contributed by atoms with Crippen LogP contribution in [0.2, 0.25) is 0 Å². The quantitative estimate of drug-likeness (QED) is 0.349. The summed E-state index contributed by atoms with van der Waals surface area (Å²) in [5.74, 6) is 0. The van der Waals surface area contributed by atoms with Gasteiger partial charge in [0.1, 0.15) is 5.58 Å². The monoisotopic (exact) mass is 390 g/mol. The Morgan fingerprint density at radius 1 is 0.767 bits per heavy atom. The summed E-state index contributed by atoms with van der Waals surface area (Å²) in [5.41, 5.74) is 21.7. The van der Waals surface area contributed by atoms with Gasteiger partial charge in [0.25, 0.3) is 0 Å². The van der Waals surface area contributed by atoms with Gasteiger partial charge in [-0.2, -0.15) is 0 Å². The van der Waals surface area contributed by atoms with E-state index in [4.69, 9.17) is 15.9 Å². The second-order valence-corrected chi connectivity index (χ2v) is 8.52. The molecule has 1 atom stereocenters. The lowest BCUT2D eigenvalue weighted by molar-refractivity contribution is 0.582. The number of hydrogen-bond donors (Lipinski definition) is 2. The number of benzene rings is 4. The predicted molar refractivity (Wildman–Crippen MR) is 125 cm³/mol. The highest BCUT2D eigenvalue weighted by Crippen LogP contribution is 2.51. The number of nitrogens with two attached hydrogens (primary N) is 2. The first kappa shape index (κ1) is 17.2. The number of fused-ring (bicyclic) bond motifs is 6. The molecule has 1 aliphatic carbocycles. The molecule has 1 unspecified atom stereocenters. The van der Waals surface area contributed by atoms with E-state index in [1.54, 1.807) is 0 Å². The Morgan fingerprint density at radius 2 is 1.60 bits per heavy atom. The van der Waals surface area contributed by atoms with Gasteiger partial charge in [-0.3, -0.25) is 0 Å². The van der Waals surface area contributed by atoms with E-state index >= 15 is 0 Å². The number of anilines is 2. The normalized spacial score (nSPS) is 17.4. The molecule has 3 nitrogen and oxygen atoms in total. The zero-order valence-corrected chi connectivity index (χ0v) is 16.8. The third-order valence-electron chi connectivity index (χ3n) is 6.60. The molecule has 0 bridgehead atoms. The Balaban J connectivity index is 1.52. The fraction of sp³-hybridized carbons (Fsp3) is 0.111. The number of hydrogen-bond acceptors (Lipinski definition) is 3. The van der Waals surface area contributed by atoms with Gasteiger partial charge in [0.05, 0.1) is 5.69 Å². The summed E-state index contributed by atoms with van der Waals surface area (Å²) in [4.78, 5) is 0. The molecule has 4 N–H and O–H groups in total. The third kappa shape index (κ3) is 2.26. The summed E-state index contributed by atoms with van der Waals surface area (Å²) in [5, 5.41) is 2.16. The molecular weight excluding hydrogens is 368 g/mol. The summed E-state index contributed by atoms with van der Waals surface area (Å²) in [6.07, 6.45) is 0.864. The molecule has 0 aliphatic heterocycles. The average molecular weight is 390 g/mol. The average Bonchev–Trinajstić information content (AvgIpc) is 3.23. The molecule has 0 spiro atoms. The Labute approximate surface area is 174 Å². The lowest BCUT2D eigenvalue weighted by Crippen LogP contribution is -2.24. The third-order valence-corrected chi connectivity index (χ3v) is 6.60. The molecule has 0 saturated carbocycles. The van der Waals surface area contributed by atoms with Gasteiger partial charge in [-0.1, -0.05) is 61.5 Å². The predicted octanol–water partition coefficient (Wildman–Crippen LogP) is 6.28. The van der Waals surface area contributed by atoms with E-state index in [2.05, 4.69) is 67.6 Å². The second kappa shape index (κ2) is 5.90. The van der Waals surface area contributed by atoms with Crippen LogP contribution in [0, 0.1) is 0 Å². The standard InChI is InChI=1S/C27H22N2O/c1-27(22-7-3-2-5-18(22)19-12-10-17(28)14-23(19)27)15-16-9-11-20-21-6-4-8-24(29)26(21)30-25(20)13-16/h2-14H,15,28-29H2,1H3. The van der Waals surface area contributed by atoms with Gasteiger partial charge >= 0.3 is 0 Å². The van der Waals surface area contributed by atoms with Crippen molar-refractivity contribution in [1.82, 2.24) is 0 Å². The first-order chi connectivity index (χ1) is 14.5. The summed E-state index contributed by atoms with van der Waals surface area (Å²) in [6.45, 7) is 2.32. The molecule has 0 radical (unpaired) electrons. The summed E-state index contributed by atoms with van der Waals surface area (Å²) >= 11 is 0. The number of nitrogen functional groups attached to an aromatic ring is 2. The van der Waals surface area contributed by atoms with E-state index in [1.807, 2.05) is 18.2 Å². The topological polar surface area (TPSA) is 65.2 Å². The summed E-state index contributed by atoms with van der Waals surface area (Å²) in [6, 6.07) is 27.4. The minimum absolute atomic E-state index is 0.153. The fourth-order valence-electron chi connectivity index (χ4n) is 5.17. The first-order valence-corrected chi connectivity index (χ1v) is 10.2. The van der Waals surface area contributed by atoms with E-state index in [1.165, 1.54) is 27.8 Å². The Kier molecular flexibility index (Phi) is 3.37. The van der Waals surface area contributed by atoms with Crippen LogP contribution in [-0.2, 0) is 11.8 Å². The molecule has 4 aromatic carbocycles. The van der Waals surface area contributed by atoms with Crippen LogP contribution in [0.5, 0.6) is 0 Å². The van der Waals surface area contributed by atoms with Crippen molar-refractivity contribution in [2.75, 3.05) is 11.5 Å². The number of rotatable bonds is 2. The van der Waals surface area contributed by atoms with E-state index in [9.17, 15) is 0 Å². The van der Waals surface area contributed by atoms with Gasteiger partial charge in [0.2, 0.25) is 0 Å². The van der Waals surface area contributed by atoms with Gasteiger partial charge in [-0.15, -0.1) is 0 Å². The summed E-state index contributed by atoms with van der Waals surface area (Å²) < 4.78 is 6.13. The van der Waals surface area contributed by atoms with Gasteiger partial charge in [0.15, 0.2) is 5.58 Å². The van der Waals surface area contributed by atoms with Gasteiger partial charge in [-0.25, -0.2) is 0 Å². The lowest BCUT2D eigenvalue weighted by Gasteiger charge is -2.28. The van der Waals surface area contributed by atoms with Crippen LogP contribution in [-0.4, -0.2) is 0 Å². The maximum Gasteiger partial charge on any atom is 0.158 e. The van der Waals surface area contributed by atoms with Crippen molar-refractivity contribution in [3.05, 3.63) is 95.6 Å². The fourth-order valence-corrected chi connectivity index (χ4v) is 5.17. The van der Waals surface area contributed by atoms with Crippen molar-refractivity contribution < 1.29 is 4.42 Å². The van der Waals surface area contributed by atoms with Crippen molar-refractivity contribution in [1.29, 1.82) is 0 Å². The highest BCUT2D eigenvalue weighted by molar-refractivity contribution is 6.08. The molecule has 146 valence electrons. The SMILES string of the molecule is CC1(Cc2ccc3c(c2)oc2c(N)cccc23)c2ccccc2-c2ccc(N)cc21. The van der Waals surface area contributed by atoms with E-state index in [0.717, 1.165) is 34.0 Å². The van der Waals surface area contributed by atoms with E-state index < -0.39 is 0 Å². The van der Waals surface area contributed by atoms with Crippen LogP contribution >= 0.6 is 0 Å². The van der Waals surface area contributed by atoms with E-state index in [-0.39, 0.29) is 5.41 Å². The number of para-hydroxylation sites is 1. The van der Waals surface area contributed by atoms with Gasteiger partial charge < -0.3 is 15.9 Å². The number of furan rings is 1. The van der Waals surface area contributed by atoms with Crippen molar-refractivity contribution in [2.24, 2.45) is 0 Å². The highest BCUT2D eigenvalue weighted by atomic mass is 16.3. The first-order valence-electron chi connectivity index (χ1n) is 10.2. The van der Waals surface area contributed by atoms with Gasteiger partial charge in [-0.05, 0) is 58.5 Å². The highest BCUT2D eigenvalue weighted by Gasteiger charge is 2.39. The summed E-state index contributed by atoms with van der Waals surface area (Å²) in [7, 11) is 0. The Morgan fingerprint density at radius 3 is 2.50 bits per heavy atom. The molecule has 3 heteroatoms. The zero-order valence-electron chi connectivity index (χ0n) is 16.8. The Bertz CT molecular complexity index is 1460. The minimum Gasteiger partial charge on any atom is -0.454 e. The minimum atomic E-state index is -0.153. The van der Waals surface area contributed by atoms with Crippen molar-refractivity contribution in [3.63, 3.8) is 0 Å². The van der Waals surface area contributed by atoms with E-state index in [0.29, 0.717) is 5.69 Å². The Hall–Kier alpha value is -3.72. The molecular formula is C27H22N2O. The van der Waals surface area contributed by atoms with Crippen molar-refractivity contribution in [2.45, 2.75) is 18.8 Å². The van der Waals surface area contributed by atoms with Crippen molar-refractivity contribution >= 4 is 33.3 Å². The molecule has 0 fully saturated rings. The second-order valence-electron chi connectivity index (χ2n) is 8.52. The molecule has 1 aromatic heterocycles. The molecule has 1 aliphatic rings. The molecule has 30 heavy (non-hydrogen) atoms. The van der Waals surface area contributed by atoms with Crippen LogP contribution < -0.4 is 11.5 Å². The van der Waals surface area contributed by atoms with Crippen LogP contribution in [0.15, 0.2) is 83.3 Å². The van der Waals surface area contributed by atoms with Crippen LogP contribution in [0.4, 0.5) is 11.4 Å². The molecule has 0 saturated heterocycles. The maximum absolute atomic E-state index is 6.18. The van der Waals surface area contributed by atoms with Crippen LogP contribution in [0.25, 0.3) is 33.1 Å². The molecule has 1 heterocycles. The zero-order chi connectivity index (χ0) is 20.5. The largest absolute Gasteiger partial charge is 0.454 e. The van der Waals surface area contributed by atoms with Crippen LogP contribution in [0.3, 0.4) is 0 Å². The maximum atomic E-state index is 6.18. The van der Waals surface area contributed by atoms with Crippen LogP contribution in [0.1, 0.15) is 23.6 Å².